The first-order valence-electron chi connectivity index (χ1n) is 13.9. The summed E-state index contributed by atoms with van der Waals surface area (Å²) in [5.74, 6) is 1.36. The van der Waals surface area contributed by atoms with E-state index in [1.807, 2.05) is 37.3 Å². The zero-order valence-electron chi connectivity index (χ0n) is 24.1. The Morgan fingerprint density at radius 2 is 1.63 bits per heavy atom. The average molecular weight is 603 g/mol. The van der Waals surface area contributed by atoms with E-state index in [4.69, 9.17) is 9.57 Å². The van der Waals surface area contributed by atoms with E-state index in [9.17, 15) is 13.2 Å². The van der Waals surface area contributed by atoms with Crippen LogP contribution in [0.2, 0.25) is 0 Å². The molecule has 43 heavy (non-hydrogen) atoms. The number of ether oxygens (including phenoxy) is 1. The zero-order chi connectivity index (χ0) is 30.2. The molecule has 0 unspecified atom stereocenters. The molecule has 12 heteroatoms. The minimum Gasteiger partial charge on any atom is -0.492 e. The molecule has 1 saturated heterocycles. The molecule has 0 amide bonds. The fourth-order valence-electron chi connectivity index (χ4n) is 4.59. The maximum Gasteiger partial charge on any atom is 0.322 e. The Morgan fingerprint density at radius 1 is 0.930 bits per heavy atom. The largest absolute Gasteiger partial charge is 0.492 e. The van der Waals surface area contributed by atoms with Gasteiger partial charge in [0.15, 0.2) is 0 Å². The third-order valence-corrected chi connectivity index (χ3v) is 8.72. The van der Waals surface area contributed by atoms with Crippen molar-refractivity contribution in [2.24, 2.45) is 0 Å². The van der Waals surface area contributed by atoms with Crippen LogP contribution in [0.1, 0.15) is 5.56 Å². The average Bonchev–Trinajstić information content (AvgIpc) is 3.02. The molecule has 11 nitrogen and oxygen atoms in total. The zero-order valence-corrected chi connectivity index (χ0v) is 24.9. The molecule has 1 aromatic heterocycles. The van der Waals surface area contributed by atoms with E-state index in [1.165, 1.54) is 30.6 Å². The predicted molar refractivity (Wildman–Crippen MR) is 165 cm³/mol. The van der Waals surface area contributed by atoms with Gasteiger partial charge in [0.1, 0.15) is 24.5 Å². The van der Waals surface area contributed by atoms with Crippen LogP contribution in [0.15, 0.2) is 90.1 Å². The maximum atomic E-state index is 13.1. The number of aryl methyl sites for hydroxylation is 1. The third kappa shape index (κ3) is 7.66. The molecule has 5 rings (SSSR count). The van der Waals surface area contributed by atoms with Crippen LogP contribution < -0.4 is 14.5 Å². The van der Waals surface area contributed by atoms with Gasteiger partial charge in [-0.25, -0.2) is 9.97 Å². The maximum absolute atomic E-state index is 13.1. The van der Waals surface area contributed by atoms with Crippen LogP contribution in [0.25, 0.3) is 11.3 Å². The Kier molecular flexibility index (Phi) is 9.50. The van der Waals surface area contributed by atoms with Crippen molar-refractivity contribution >= 4 is 33.7 Å². The van der Waals surface area contributed by atoms with Crippen molar-refractivity contribution in [1.29, 1.82) is 0 Å². The number of aromatic nitrogens is 2. The molecule has 1 fully saturated rings. The van der Waals surface area contributed by atoms with Crippen molar-refractivity contribution in [3.8, 4) is 17.0 Å². The number of sulfonamides is 1. The second-order valence-electron chi connectivity index (χ2n) is 10.2. The van der Waals surface area contributed by atoms with E-state index in [2.05, 4.69) is 32.1 Å². The Labute approximate surface area is 251 Å². The minimum atomic E-state index is -4.13. The lowest BCUT2D eigenvalue weighted by Crippen LogP contribution is -2.45. The molecule has 3 aromatic carbocycles. The summed E-state index contributed by atoms with van der Waals surface area (Å²) in [6.45, 7) is 7.78. The Hall–Kier alpha value is -4.52. The monoisotopic (exact) mass is 602 g/mol. The molecule has 0 spiro atoms. The fourth-order valence-corrected chi connectivity index (χ4v) is 5.80. The summed E-state index contributed by atoms with van der Waals surface area (Å²) in [5, 5.41) is 3.20. The number of nitrogens with zero attached hydrogens (tertiary/aromatic N) is 5. The van der Waals surface area contributed by atoms with Crippen LogP contribution in [0.5, 0.6) is 5.75 Å². The molecular weight excluding hydrogens is 568 g/mol. The Morgan fingerprint density at radius 3 is 2.30 bits per heavy atom. The molecule has 0 bridgehead atoms. The first-order chi connectivity index (χ1) is 20.8. The number of carbonyl (C=O) groups is 1. The van der Waals surface area contributed by atoms with Gasteiger partial charge in [-0.2, -0.15) is 8.42 Å². The Balaban J connectivity index is 1.21. The van der Waals surface area contributed by atoms with Gasteiger partial charge in [-0.15, -0.1) is 0 Å². The van der Waals surface area contributed by atoms with Crippen molar-refractivity contribution in [3.05, 3.63) is 90.8 Å². The van der Waals surface area contributed by atoms with E-state index in [1.54, 1.807) is 24.3 Å². The SMILES string of the molecule is Cc1ccc(S(=O)(=O)N(OC=O)c2ccc(Nc3cc(-c4ccc(OCCN5CCN(C)CC5)cc4)ncn3)cc2)cc1. The van der Waals surface area contributed by atoms with Crippen molar-refractivity contribution in [3.63, 3.8) is 0 Å². The standard InChI is InChI=1S/C31H34N6O5S/c1-24-3-13-29(14-4-24)43(39,40)37(42-23-38)27-9-7-26(8-10-27)34-31-21-30(32-22-33-31)25-5-11-28(12-6-25)41-20-19-36-17-15-35(2)16-18-36/h3-14,21-23H,15-20H2,1-2H3,(H,32,33,34). The second kappa shape index (κ2) is 13.6. The number of benzene rings is 3. The molecule has 0 aliphatic carbocycles. The van der Waals surface area contributed by atoms with E-state index in [-0.39, 0.29) is 17.1 Å². The van der Waals surface area contributed by atoms with Gasteiger partial charge < -0.3 is 19.8 Å². The summed E-state index contributed by atoms with van der Waals surface area (Å²) in [6, 6.07) is 22.3. The lowest BCUT2D eigenvalue weighted by Gasteiger charge is -2.32. The summed E-state index contributed by atoms with van der Waals surface area (Å²) >= 11 is 0. The highest BCUT2D eigenvalue weighted by Crippen LogP contribution is 2.28. The van der Waals surface area contributed by atoms with Crippen LogP contribution in [-0.2, 0) is 19.7 Å². The van der Waals surface area contributed by atoms with Gasteiger partial charge in [0.25, 0.3) is 10.0 Å². The molecule has 2 heterocycles. The number of hydrogen-bond acceptors (Lipinski definition) is 10. The topological polar surface area (TPSA) is 117 Å². The van der Waals surface area contributed by atoms with Gasteiger partial charge >= 0.3 is 6.47 Å². The van der Waals surface area contributed by atoms with Gasteiger partial charge in [0.2, 0.25) is 0 Å². The van der Waals surface area contributed by atoms with Crippen LogP contribution >= 0.6 is 0 Å². The molecule has 1 aliphatic heterocycles. The quantitative estimate of drug-likeness (QED) is 0.188. The number of nitrogens with one attached hydrogen (secondary N) is 1. The summed E-state index contributed by atoms with van der Waals surface area (Å²) in [4.78, 5) is 29.5. The third-order valence-electron chi connectivity index (χ3n) is 7.12. The number of carbonyl (C=O) groups excluding carboxylic acids is 1. The van der Waals surface area contributed by atoms with Crippen LogP contribution in [0, 0.1) is 6.92 Å². The minimum absolute atomic E-state index is 0.000849. The molecule has 1 aliphatic rings. The van der Waals surface area contributed by atoms with Crippen molar-refractivity contribution in [1.82, 2.24) is 19.8 Å². The summed E-state index contributed by atoms with van der Waals surface area (Å²) in [5.41, 5.74) is 3.36. The van der Waals surface area contributed by atoms with Gasteiger partial charge in [0.05, 0.1) is 16.3 Å². The van der Waals surface area contributed by atoms with Gasteiger partial charge in [-0.3, -0.25) is 9.69 Å². The Bertz CT molecular complexity index is 1610. The first kappa shape index (κ1) is 30.0. The van der Waals surface area contributed by atoms with E-state index in [0.29, 0.717) is 22.6 Å². The molecular formula is C31H34N6O5S. The smallest absolute Gasteiger partial charge is 0.322 e. The number of rotatable bonds is 12. The molecule has 1 N–H and O–H groups in total. The lowest BCUT2D eigenvalue weighted by molar-refractivity contribution is -0.128. The predicted octanol–water partition coefficient (Wildman–Crippen LogP) is 4.11. The lowest BCUT2D eigenvalue weighted by atomic mass is 10.1. The van der Waals surface area contributed by atoms with E-state index >= 15 is 0 Å². The molecule has 0 saturated carbocycles. The highest BCUT2D eigenvalue weighted by atomic mass is 32.2. The molecule has 0 radical (unpaired) electrons. The summed E-state index contributed by atoms with van der Waals surface area (Å²) in [7, 11) is -1.98. The van der Waals surface area contributed by atoms with Gasteiger partial charge in [-0.05, 0) is 74.6 Å². The van der Waals surface area contributed by atoms with Crippen molar-refractivity contribution in [2.75, 3.05) is 56.2 Å². The molecule has 224 valence electrons. The van der Waals surface area contributed by atoms with E-state index < -0.39 is 10.0 Å². The fraction of sp³-hybridized carbons (Fsp3) is 0.258. The second-order valence-corrected chi connectivity index (χ2v) is 12.0. The van der Waals surface area contributed by atoms with Gasteiger partial charge in [-0.1, -0.05) is 22.2 Å². The number of piperazine rings is 1. The number of anilines is 3. The number of hydrogen-bond donors (Lipinski definition) is 1. The van der Waals surface area contributed by atoms with Crippen molar-refractivity contribution in [2.45, 2.75) is 11.8 Å². The highest BCUT2D eigenvalue weighted by Gasteiger charge is 2.27. The van der Waals surface area contributed by atoms with Gasteiger partial charge in [0, 0.05) is 50.0 Å². The summed E-state index contributed by atoms with van der Waals surface area (Å²) in [6.07, 6.45) is 1.47. The highest BCUT2D eigenvalue weighted by molar-refractivity contribution is 7.92. The van der Waals surface area contributed by atoms with E-state index in [0.717, 1.165) is 55.3 Å². The van der Waals surface area contributed by atoms with Crippen molar-refractivity contribution < 1.29 is 22.8 Å². The number of likely N-dealkylation sites (N-methyl/N-ethyl adjacent to an activating group) is 1. The first-order valence-corrected chi connectivity index (χ1v) is 15.3. The van der Waals surface area contributed by atoms with Crippen LogP contribution in [0.4, 0.5) is 17.2 Å². The molecule has 0 atom stereocenters. The van der Waals surface area contributed by atoms with Crippen LogP contribution in [0.3, 0.4) is 0 Å². The normalized spacial score (nSPS) is 14.2. The van der Waals surface area contributed by atoms with Crippen LogP contribution in [-0.4, -0.2) is 81.0 Å². The molecule has 4 aromatic rings. The summed E-state index contributed by atoms with van der Waals surface area (Å²) < 4.78 is 32.8.